The lowest BCUT2D eigenvalue weighted by atomic mass is 10.3. The average Bonchev–Trinajstić information content (AvgIpc) is 2.35. The van der Waals surface area contributed by atoms with E-state index in [-0.39, 0.29) is 19.1 Å². The standard InChI is InChI=1S/C13H16BrNO4/c1-2-6-15(8-13(17)18)12(16)9-19-11-5-3-4-10(14)7-11/h3-5,7H,2,6,8-9H2,1H3,(H,17,18). The maximum atomic E-state index is 11.9. The maximum Gasteiger partial charge on any atom is 0.323 e. The molecule has 1 aromatic carbocycles. The molecule has 1 amide bonds. The molecular formula is C13H16BrNO4. The zero-order valence-electron chi connectivity index (χ0n) is 10.6. The lowest BCUT2D eigenvalue weighted by Crippen LogP contribution is -2.39. The van der Waals surface area contributed by atoms with E-state index >= 15 is 0 Å². The van der Waals surface area contributed by atoms with Crippen LogP contribution in [0.25, 0.3) is 0 Å². The van der Waals surface area contributed by atoms with Crippen molar-refractivity contribution in [3.05, 3.63) is 28.7 Å². The van der Waals surface area contributed by atoms with Gasteiger partial charge < -0.3 is 14.7 Å². The van der Waals surface area contributed by atoms with Crippen molar-refractivity contribution < 1.29 is 19.4 Å². The third-order valence-electron chi connectivity index (χ3n) is 2.33. The van der Waals surface area contributed by atoms with Crippen LogP contribution in [0.15, 0.2) is 28.7 Å². The lowest BCUT2D eigenvalue weighted by Gasteiger charge is -2.20. The molecule has 0 heterocycles. The Balaban J connectivity index is 2.54. The summed E-state index contributed by atoms with van der Waals surface area (Å²) in [6.07, 6.45) is 0.704. The number of nitrogens with zero attached hydrogens (tertiary/aromatic N) is 1. The first-order valence-corrected chi connectivity index (χ1v) is 6.70. The molecule has 5 nitrogen and oxygen atoms in total. The summed E-state index contributed by atoms with van der Waals surface area (Å²) in [5.74, 6) is -0.789. The summed E-state index contributed by atoms with van der Waals surface area (Å²) >= 11 is 3.30. The number of carbonyl (C=O) groups excluding carboxylic acids is 1. The van der Waals surface area contributed by atoms with E-state index < -0.39 is 5.97 Å². The summed E-state index contributed by atoms with van der Waals surface area (Å²) in [4.78, 5) is 23.8. The molecule has 0 bridgehead atoms. The fraction of sp³-hybridized carbons (Fsp3) is 0.385. The highest BCUT2D eigenvalue weighted by Gasteiger charge is 2.16. The molecule has 0 radical (unpaired) electrons. The maximum absolute atomic E-state index is 11.9. The van der Waals surface area contributed by atoms with E-state index in [0.717, 1.165) is 4.47 Å². The van der Waals surface area contributed by atoms with Crippen molar-refractivity contribution in [2.75, 3.05) is 19.7 Å². The fourth-order valence-corrected chi connectivity index (χ4v) is 1.90. The molecular weight excluding hydrogens is 314 g/mol. The number of halogens is 1. The van der Waals surface area contributed by atoms with Crippen molar-refractivity contribution in [3.63, 3.8) is 0 Å². The quantitative estimate of drug-likeness (QED) is 0.832. The zero-order chi connectivity index (χ0) is 14.3. The van der Waals surface area contributed by atoms with Crippen LogP contribution in [0, 0.1) is 0 Å². The Morgan fingerprint density at radius 1 is 1.42 bits per heavy atom. The first-order valence-electron chi connectivity index (χ1n) is 5.91. The second kappa shape index (κ2) is 7.78. The van der Waals surface area contributed by atoms with Gasteiger partial charge >= 0.3 is 5.97 Å². The molecule has 0 fully saturated rings. The van der Waals surface area contributed by atoms with Gasteiger partial charge in [-0.15, -0.1) is 0 Å². The molecule has 0 spiro atoms. The van der Waals surface area contributed by atoms with Gasteiger partial charge in [0.1, 0.15) is 12.3 Å². The highest BCUT2D eigenvalue weighted by atomic mass is 79.9. The summed E-state index contributed by atoms with van der Waals surface area (Å²) < 4.78 is 6.20. The molecule has 0 saturated carbocycles. The SMILES string of the molecule is CCCN(CC(=O)O)C(=O)COc1cccc(Br)c1. The van der Waals surface area contributed by atoms with Crippen LogP contribution in [0.4, 0.5) is 0 Å². The predicted octanol–water partition coefficient (Wildman–Crippen LogP) is 2.15. The van der Waals surface area contributed by atoms with Gasteiger partial charge in [-0.05, 0) is 24.6 Å². The molecule has 0 aliphatic heterocycles. The number of hydrogen-bond donors (Lipinski definition) is 1. The zero-order valence-corrected chi connectivity index (χ0v) is 12.2. The van der Waals surface area contributed by atoms with E-state index in [2.05, 4.69) is 15.9 Å². The molecule has 1 N–H and O–H groups in total. The van der Waals surface area contributed by atoms with Gasteiger partial charge in [0, 0.05) is 11.0 Å². The average molecular weight is 330 g/mol. The van der Waals surface area contributed by atoms with Crippen molar-refractivity contribution >= 4 is 27.8 Å². The molecule has 6 heteroatoms. The van der Waals surface area contributed by atoms with E-state index in [9.17, 15) is 9.59 Å². The normalized spacial score (nSPS) is 10.0. The smallest absolute Gasteiger partial charge is 0.323 e. The van der Waals surface area contributed by atoms with Crippen molar-refractivity contribution in [1.82, 2.24) is 4.90 Å². The number of carboxylic acids is 1. The van der Waals surface area contributed by atoms with Gasteiger partial charge in [0.2, 0.25) is 0 Å². The Labute approximate surface area is 120 Å². The number of hydrogen-bond acceptors (Lipinski definition) is 3. The Bertz CT molecular complexity index is 450. The Kier molecular flexibility index (Phi) is 6.35. The summed E-state index contributed by atoms with van der Waals surface area (Å²) in [7, 11) is 0. The molecule has 0 unspecified atom stereocenters. The van der Waals surface area contributed by atoms with E-state index in [1.165, 1.54) is 4.90 Å². The third kappa shape index (κ3) is 5.74. The Hall–Kier alpha value is -1.56. The van der Waals surface area contributed by atoms with Crippen LogP contribution in [-0.4, -0.2) is 41.6 Å². The Morgan fingerprint density at radius 3 is 2.74 bits per heavy atom. The lowest BCUT2D eigenvalue weighted by molar-refractivity contribution is -0.145. The predicted molar refractivity (Wildman–Crippen MR) is 74.1 cm³/mol. The number of amides is 1. The largest absolute Gasteiger partial charge is 0.484 e. The van der Waals surface area contributed by atoms with Gasteiger partial charge in [-0.2, -0.15) is 0 Å². The highest BCUT2D eigenvalue weighted by Crippen LogP contribution is 2.17. The molecule has 0 aliphatic carbocycles. The molecule has 0 aliphatic rings. The number of rotatable bonds is 7. The van der Waals surface area contributed by atoms with E-state index in [0.29, 0.717) is 18.7 Å². The monoisotopic (exact) mass is 329 g/mol. The van der Waals surface area contributed by atoms with E-state index in [1.807, 2.05) is 13.0 Å². The molecule has 19 heavy (non-hydrogen) atoms. The highest BCUT2D eigenvalue weighted by molar-refractivity contribution is 9.10. The van der Waals surface area contributed by atoms with Crippen molar-refractivity contribution in [2.24, 2.45) is 0 Å². The third-order valence-corrected chi connectivity index (χ3v) is 2.82. The van der Waals surface area contributed by atoms with Crippen LogP contribution in [0.2, 0.25) is 0 Å². The van der Waals surface area contributed by atoms with Crippen molar-refractivity contribution in [1.29, 1.82) is 0 Å². The summed E-state index contributed by atoms with van der Waals surface area (Å²) in [6, 6.07) is 7.13. The minimum Gasteiger partial charge on any atom is -0.484 e. The second-order valence-corrected chi connectivity index (χ2v) is 4.87. The van der Waals surface area contributed by atoms with Gasteiger partial charge in [0.05, 0.1) is 0 Å². The first kappa shape index (κ1) is 15.5. The van der Waals surface area contributed by atoms with Crippen LogP contribution in [0.1, 0.15) is 13.3 Å². The molecule has 104 valence electrons. The van der Waals surface area contributed by atoms with Gasteiger partial charge in [0.15, 0.2) is 6.61 Å². The van der Waals surface area contributed by atoms with Crippen LogP contribution in [0.3, 0.4) is 0 Å². The Morgan fingerprint density at radius 2 is 2.16 bits per heavy atom. The molecule has 0 atom stereocenters. The first-order chi connectivity index (χ1) is 9.02. The number of carboxylic acid groups (broad SMARTS) is 1. The minimum atomic E-state index is -1.02. The number of benzene rings is 1. The van der Waals surface area contributed by atoms with Gasteiger partial charge in [-0.1, -0.05) is 28.9 Å². The van der Waals surface area contributed by atoms with Gasteiger partial charge in [-0.3, -0.25) is 9.59 Å². The van der Waals surface area contributed by atoms with Crippen LogP contribution >= 0.6 is 15.9 Å². The minimum absolute atomic E-state index is 0.163. The molecule has 1 aromatic rings. The molecule has 1 rings (SSSR count). The van der Waals surface area contributed by atoms with E-state index in [1.54, 1.807) is 18.2 Å². The fourth-order valence-electron chi connectivity index (χ4n) is 1.52. The van der Waals surface area contributed by atoms with Crippen LogP contribution < -0.4 is 4.74 Å². The summed E-state index contributed by atoms with van der Waals surface area (Å²) in [5, 5.41) is 8.74. The van der Waals surface area contributed by atoms with Crippen molar-refractivity contribution in [3.8, 4) is 5.75 Å². The van der Waals surface area contributed by atoms with Crippen LogP contribution in [-0.2, 0) is 9.59 Å². The van der Waals surface area contributed by atoms with Crippen LogP contribution in [0.5, 0.6) is 5.75 Å². The van der Waals surface area contributed by atoms with Gasteiger partial charge in [0.25, 0.3) is 5.91 Å². The van der Waals surface area contributed by atoms with Crippen molar-refractivity contribution in [2.45, 2.75) is 13.3 Å². The number of aliphatic carboxylic acids is 1. The number of ether oxygens (including phenoxy) is 1. The van der Waals surface area contributed by atoms with E-state index in [4.69, 9.17) is 9.84 Å². The summed E-state index contributed by atoms with van der Waals surface area (Å²) in [5.41, 5.74) is 0. The number of carbonyl (C=O) groups is 2. The van der Waals surface area contributed by atoms with Gasteiger partial charge in [-0.25, -0.2) is 0 Å². The topological polar surface area (TPSA) is 66.8 Å². The second-order valence-electron chi connectivity index (χ2n) is 3.96. The summed E-state index contributed by atoms with van der Waals surface area (Å²) in [6.45, 7) is 1.84. The molecule has 0 aromatic heterocycles. The molecule has 0 saturated heterocycles.